The molecule has 1 aliphatic rings. The predicted octanol–water partition coefficient (Wildman–Crippen LogP) is 2.56. The summed E-state index contributed by atoms with van der Waals surface area (Å²) in [7, 11) is 0. The summed E-state index contributed by atoms with van der Waals surface area (Å²) in [5.41, 5.74) is 0.0228. The van der Waals surface area contributed by atoms with Gasteiger partial charge >= 0.3 is 0 Å². The van der Waals surface area contributed by atoms with Crippen molar-refractivity contribution in [3.63, 3.8) is 0 Å². The summed E-state index contributed by atoms with van der Waals surface area (Å²) in [5.74, 6) is -0.879. The van der Waals surface area contributed by atoms with Crippen molar-refractivity contribution in [2.75, 3.05) is 26.2 Å². The highest BCUT2D eigenvalue weighted by molar-refractivity contribution is 6.30. The molecule has 2 amide bonds. The molecule has 0 spiro atoms. The maximum atomic E-state index is 13.8. The van der Waals surface area contributed by atoms with Gasteiger partial charge in [0.25, 0.3) is 5.91 Å². The molecule has 1 saturated heterocycles. The molecule has 1 aliphatic heterocycles. The van der Waals surface area contributed by atoms with Gasteiger partial charge in [0.2, 0.25) is 5.91 Å². The van der Waals surface area contributed by atoms with Crippen molar-refractivity contribution in [2.24, 2.45) is 0 Å². The van der Waals surface area contributed by atoms with Gasteiger partial charge < -0.3 is 9.80 Å². The van der Waals surface area contributed by atoms with Crippen LogP contribution in [0, 0.1) is 5.82 Å². The van der Waals surface area contributed by atoms with Gasteiger partial charge in [-0.05, 0) is 24.6 Å². The summed E-state index contributed by atoms with van der Waals surface area (Å²) in [6.45, 7) is 3.90. The molecular formula is C15H18ClFN2O2. The molecule has 0 unspecified atom stereocenters. The molecule has 4 nitrogen and oxygen atoms in total. The Balaban J connectivity index is 2.08. The highest BCUT2D eigenvalue weighted by Gasteiger charge is 2.23. The van der Waals surface area contributed by atoms with Gasteiger partial charge in [-0.15, -0.1) is 0 Å². The average Bonchev–Trinajstić information content (AvgIpc) is 2.71. The van der Waals surface area contributed by atoms with E-state index in [1.165, 1.54) is 12.1 Å². The van der Waals surface area contributed by atoms with Crippen molar-refractivity contribution >= 4 is 23.4 Å². The molecule has 0 radical (unpaired) electrons. The van der Waals surface area contributed by atoms with Gasteiger partial charge in [0, 0.05) is 37.6 Å². The fraction of sp³-hybridized carbons (Fsp3) is 0.467. The van der Waals surface area contributed by atoms with Gasteiger partial charge in [0.15, 0.2) is 0 Å². The molecule has 0 N–H and O–H groups in total. The van der Waals surface area contributed by atoms with E-state index < -0.39 is 5.82 Å². The molecular weight excluding hydrogens is 295 g/mol. The molecule has 0 aliphatic carbocycles. The zero-order valence-corrected chi connectivity index (χ0v) is 12.7. The van der Waals surface area contributed by atoms with Gasteiger partial charge in [-0.2, -0.15) is 0 Å². The van der Waals surface area contributed by atoms with Crippen LogP contribution in [-0.4, -0.2) is 47.8 Å². The zero-order chi connectivity index (χ0) is 15.4. The van der Waals surface area contributed by atoms with Crippen LogP contribution in [0.1, 0.15) is 30.1 Å². The van der Waals surface area contributed by atoms with E-state index in [9.17, 15) is 14.0 Å². The monoisotopic (exact) mass is 312 g/mol. The second-order valence-electron chi connectivity index (χ2n) is 5.00. The largest absolute Gasteiger partial charge is 0.341 e. The Labute approximate surface area is 128 Å². The SMILES string of the molecule is CCC(=O)N1CCCN(C(=O)c2ccc(Cl)cc2F)CC1. The van der Waals surface area contributed by atoms with Crippen molar-refractivity contribution in [1.29, 1.82) is 0 Å². The van der Waals surface area contributed by atoms with Crippen LogP contribution in [0.4, 0.5) is 4.39 Å². The minimum absolute atomic E-state index is 0.0228. The van der Waals surface area contributed by atoms with E-state index in [0.29, 0.717) is 39.0 Å². The fourth-order valence-corrected chi connectivity index (χ4v) is 2.59. The molecule has 1 aromatic carbocycles. The van der Waals surface area contributed by atoms with E-state index in [1.807, 2.05) is 6.92 Å². The number of halogens is 2. The number of rotatable bonds is 2. The van der Waals surface area contributed by atoms with Gasteiger partial charge in [-0.3, -0.25) is 9.59 Å². The molecule has 0 bridgehead atoms. The lowest BCUT2D eigenvalue weighted by molar-refractivity contribution is -0.130. The molecule has 1 heterocycles. The molecule has 0 saturated carbocycles. The summed E-state index contributed by atoms with van der Waals surface area (Å²) in [5, 5.41) is 0.264. The van der Waals surface area contributed by atoms with Crippen LogP contribution in [0.25, 0.3) is 0 Å². The lowest BCUT2D eigenvalue weighted by atomic mass is 10.2. The van der Waals surface area contributed by atoms with Gasteiger partial charge in [0.1, 0.15) is 5.82 Å². The number of carbonyl (C=O) groups excluding carboxylic acids is 2. The molecule has 0 atom stereocenters. The minimum Gasteiger partial charge on any atom is -0.341 e. The van der Waals surface area contributed by atoms with Gasteiger partial charge in [-0.25, -0.2) is 4.39 Å². The van der Waals surface area contributed by atoms with Crippen LogP contribution in [0.15, 0.2) is 18.2 Å². The zero-order valence-electron chi connectivity index (χ0n) is 11.9. The van der Waals surface area contributed by atoms with Gasteiger partial charge in [0.05, 0.1) is 5.56 Å². The molecule has 1 fully saturated rings. The van der Waals surface area contributed by atoms with E-state index in [1.54, 1.807) is 9.80 Å². The first-order valence-electron chi connectivity index (χ1n) is 7.05. The van der Waals surface area contributed by atoms with Crippen LogP contribution in [-0.2, 0) is 4.79 Å². The Kier molecular flexibility index (Phi) is 5.17. The standard InChI is InChI=1S/C15H18ClFN2O2/c1-2-14(20)18-6-3-7-19(9-8-18)15(21)12-5-4-11(16)10-13(12)17/h4-5,10H,2-3,6-9H2,1H3. The highest BCUT2D eigenvalue weighted by Crippen LogP contribution is 2.17. The molecule has 2 rings (SSSR count). The first-order chi connectivity index (χ1) is 10.0. The van der Waals surface area contributed by atoms with E-state index in [0.717, 1.165) is 6.07 Å². The second kappa shape index (κ2) is 6.89. The maximum Gasteiger partial charge on any atom is 0.256 e. The number of hydrogen-bond acceptors (Lipinski definition) is 2. The summed E-state index contributed by atoms with van der Waals surface area (Å²) in [6.07, 6.45) is 1.16. The van der Waals surface area contributed by atoms with Crippen molar-refractivity contribution in [3.05, 3.63) is 34.6 Å². The summed E-state index contributed by atoms with van der Waals surface area (Å²) < 4.78 is 13.8. The number of carbonyl (C=O) groups is 2. The van der Waals surface area contributed by atoms with Crippen LogP contribution in [0.2, 0.25) is 5.02 Å². The Morgan fingerprint density at radius 3 is 2.52 bits per heavy atom. The number of benzene rings is 1. The number of amides is 2. The third-order valence-electron chi connectivity index (χ3n) is 3.60. The lowest BCUT2D eigenvalue weighted by Gasteiger charge is -2.22. The van der Waals surface area contributed by atoms with Crippen LogP contribution >= 0.6 is 11.6 Å². The summed E-state index contributed by atoms with van der Waals surface area (Å²) in [6, 6.07) is 4.04. The number of nitrogens with zero attached hydrogens (tertiary/aromatic N) is 2. The maximum absolute atomic E-state index is 13.8. The topological polar surface area (TPSA) is 40.6 Å². The molecule has 114 valence electrons. The Hall–Kier alpha value is -1.62. The van der Waals surface area contributed by atoms with E-state index in [4.69, 9.17) is 11.6 Å². The van der Waals surface area contributed by atoms with Crippen molar-refractivity contribution < 1.29 is 14.0 Å². The van der Waals surface area contributed by atoms with Crippen LogP contribution in [0.3, 0.4) is 0 Å². The fourth-order valence-electron chi connectivity index (χ4n) is 2.43. The first-order valence-corrected chi connectivity index (χ1v) is 7.42. The molecule has 6 heteroatoms. The van der Waals surface area contributed by atoms with Crippen LogP contribution < -0.4 is 0 Å². The Morgan fingerprint density at radius 2 is 1.86 bits per heavy atom. The Morgan fingerprint density at radius 1 is 1.19 bits per heavy atom. The molecule has 21 heavy (non-hydrogen) atoms. The second-order valence-corrected chi connectivity index (χ2v) is 5.44. The minimum atomic E-state index is -0.613. The molecule has 0 aromatic heterocycles. The summed E-state index contributed by atoms with van der Waals surface area (Å²) >= 11 is 5.69. The van der Waals surface area contributed by atoms with Crippen molar-refractivity contribution in [1.82, 2.24) is 9.80 Å². The van der Waals surface area contributed by atoms with Crippen molar-refractivity contribution in [3.8, 4) is 0 Å². The average molecular weight is 313 g/mol. The Bertz CT molecular complexity index is 550. The summed E-state index contributed by atoms with van der Waals surface area (Å²) in [4.78, 5) is 27.4. The van der Waals surface area contributed by atoms with Gasteiger partial charge in [-0.1, -0.05) is 18.5 Å². The third-order valence-corrected chi connectivity index (χ3v) is 3.83. The number of hydrogen-bond donors (Lipinski definition) is 0. The van der Waals surface area contributed by atoms with Crippen LogP contribution in [0.5, 0.6) is 0 Å². The molecule has 1 aromatic rings. The quantitative estimate of drug-likeness (QED) is 0.842. The van der Waals surface area contributed by atoms with Crippen molar-refractivity contribution in [2.45, 2.75) is 19.8 Å². The normalized spacial score (nSPS) is 15.8. The lowest BCUT2D eigenvalue weighted by Crippen LogP contribution is -2.37. The third kappa shape index (κ3) is 3.73. The predicted molar refractivity (Wildman–Crippen MR) is 78.8 cm³/mol. The van der Waals surface area contributed by atoms with E-state index in [-0.39, 0.29) is 22.4 Å². The first kappa shape index (κ1) is 15.8. The van der Waals surface area contributed by atoms with E-state index in [2.05, 4.69) is 0 Å². The van der Waals surface area contributed by atoms with E-state index >= 15 is 0 Å². The smallest absolute Gasteiger partial charge is 0.256 e. The highest BCUT2D eigenvalue weighted by atomic mass is 35.5.